The van der Waals surface area contributed by atoms with E-state index in [1.54, 1.807) is 0 Å². The predicted octanol–water partition coefficient (Wildman–Crippen LogP) is 3.56. The summed E-state index contributed by atoms with van der Waals surface area (Å²) in [5.74, 6) is -0.638. The van der Waals surface area contributed by atoms with E-state index < -0.39 is 6.09 Å². The van der Waals surface area contributed by atoms with Crippen LogP contribution in [0.5, 0.6) is 0 Å². The molecule has 1 N–H and O–H groups in total. The van der Waals surface area contributed by atoms with E-state index in [4.69, 9.17) is 10.3 Å². The summed E-state index contributed by atoms with van der Waals surface area (Å²) >= 11 is 0. The summed E-state index contributed by atoms with van der Waals surface area (Å²) in [6.45, 7) is 0.239. The Morgan fingerprint density at radius 1 is 1.07 bits per heavy atom. The first-order valence-electron chi connectivity index (χ1n) is 9.52. The third-order valence-corrected chi connectivity index (χ3v) is 5.71. The van der Waals surface area contributed by atoms with Crippen molar-refractivity contribution in [2.75, 3.05) is 6.61 Å². The number of Topliss-reactive ketones (excluding diaryl/α,β-unsaturated/α-hetero) is 1. The van der Waals surface area contributed by atoms with E-state index >= 15 is 0 Å². The van der Waals surface area contributed by atoms with E-state index in [-0.39, 0.29) is 30.3 Å². The van der Waals surface area contributed by atoms with Gasteiger partial charge < -0.3 is 15.6 Å². The molecule has 0 spiro atoms. The van der Waals surface area contributed by atoms with Crippen LogP contribution >= 0.6 is 0 Å². The van der Waals surface area contributed by atoms with Gasteiger partial charge in [-0.3, -0.25) is 4.79 Å². The summed E-state index contributed by atoms with van der Waals surface area (Å²) in [6.07, 6.45) is 2.60. The van der Waals surface area contributed by atoms with Gasteiger partial charge in [-0.25, -0.2) is 4.79 Å². The molecule has 6 nitrogen and oxygen atoms in total. The first kappa shape index (κ1) is 18.1. The normalized spacial score (nSPS) is 20.0. The molecule has 0 radical (unpaired) electrons. The monoisotopic (exact) mass is 375 g/mol. The number of alkyl carbamates (subject to hydrolysis) is 1. The fourth-order valence-electron chi connectivity index (χ4n) is 4.42. The molecule has 2 aromatic carbocycles. The van der Waals surface area contributed by atoms with Crippen molar-refractivity contribution in [1.82, 2.24) is 5.32 Å². The van der Waals surface area contributed by atoms with Crippen LogP contribution in [-0.4, -0.2) is 35.5 Å². The highest BCUT2D eigenvalue weighted by atomic mass is 16.5. The van der Waals surface area contributed by atoms with Crippen LogP contribution < -0.4 is 5.32 Å². The molecule has 0 unspecified atom stereocenters. The molecule has 0 heterocycles. The second kappa shape index (κ2) is 7.79. The van der Waals surface area contributed by atoms with Gasteiger partial charge in [0.05, 0.1) is 0 Å². The smallest absolute Gasteiger partial charge is 0.407 e. The summed E-state index contributed by atoms with van der Waals surface area (Å²) in [5, 5.41) is 2.81. The minimum absolute atomic E-state index is 0.000629. The number of benzene rings is 2. The summed E-state index contributed by atoms with van der Waals surface area (Å²) in [5.41, 5.74) is 13.2. The van der Waals surface area contributed by atoms with Crippen LogP contribution in [0.15, 0.2) is 48.5 Å². The first-order valence-corrected chi connectivity index (χ1v) is 9.52. The van der Waals surface area contributed by atoms with Gasteiger partial charge in [0.25, 0.3) is 0 Å². The largest absolute Gasteiger partial charge is 0.449 e. The Labute approximate surface area is 163 Å². The van der Waals surface area contributed by atoms with Gasteiger partial charge in [0.1, 0.15) is 6.61 Å². The lowest BCUT2D eigenvalue weighted by molar-refractivity contribution is -0.119. The topological polar surface area (TPSA) is 91.8 Å². The number of nitrogens with one attached hydrogen (secondary N) is 1. The van der Waals surface area contributed by atoms with E-state index in [0.29, 0.717) is 12.8 Å². The minimum atomic E-state index is -0.521. The van der Waals surface area contributed by atoms with Gasteiger partial charge in [0.2, 0.25) is 5.78 Å². The van der Waals surface area contributed by atoms with Crippen LogP contribution in [0.1, 0.15) is 36.3 Å². The molecule has 6 heteroatoms. The summed E-state index contributed by atoms with van der Waals surface area (Å²) in [6, 6.07) is 16.0. The molecule has 2 aliphatic rings. The van der Waals surface area contributed by atoms with E-state index in [0.717, 1.165) is 23.8 Å². The van der Waals surface area contributed by atoms with Gasteiger partial charge in [0.15, 0.2) is 0 Å². The van der Waals surface area contributed by atoms with Crippen molar-refractivity contribution >= 4 is 18.1 Å². The predicted molar refractivity (Wildman–Crippen MR) is 104 cm³/mol. The first-order chi connectivity index (χ1) is 13.7. The number of ether oxygens (including phenoxy) is 1. The lowest BCUT2D eigenvalue weighted by Gasteiger charge is -2.19. The van der Waals surface area contributed by atoms with Crippen molar-refractivity contribution < 1.29 is 19.1 Å². The van der Waals surface area contributed by atoms with Crippen LogP contribution in [0.2, 0.25) is 0 Å². The Kier molecular flexibility index (Phi) is 5.04. The molecule has 1 saturated carbocycles. The molecule has 2 aromatic rings. The number of nitrogens with zero attached hydrogens (tertiary/aromatic N) is 2. The molecule has 0 aliphatic heterocycles. The molecular weight excluding hydrogens is 354 g/mol. The number of hydrogen-bond acceptors (Lipinski definition) is 3. The molecule has 1 fully saturated rings. The van der Waals surface area contributed by atoms with Crippen LogP contribution in [0, 0.1) is 5.92 Å². The van der Waals surface area contributed by atoms with Crippen LogP contribution in [0.3, 0.4) is 0 Å². The van der Waals surface area contributed by atoms with Crippen molar-refractivity contribution in [2.24, 2.45) is 5.92 Å². The maximum Gasteiger partial charge on any atom is 0.407 e. The average molecular weight is 375 g/mol. The van der Waals surface area contributed by atoms with Crippen molar-refractivity contribution in [3.05, 3.63) is 65.2 Å². The van der Waals surface area contributed by atoms with Gasteiger partial charge in [-0.2, -0.15) is 4.79 Å². The molecule has 142 valence electrons. The van der Waals surface area contributed by atoms with Gasteiger partial charge in [0, 0.05) is 17.9 Å². The van der Waals surface area contributed by atoms with Crippen molar-refractivity contribution in [2.45, 2.75) is 31.2 Å². The van der Waals surface area contributed by atoms with Crippen LogP contribution in [-0.2, 0) is 9.53 Å². The van der Waals surface area contributed by atoms with Crippen molar-refractivity contribution in [3.63, 3.8) is 0 Å². The minimum Gasteiger partial charge on any atom is -0.449 e. The van der Waals surface area contributed by atoms with Crippen LogP contribution in [0.25, 0.3) is 16.7 Å². The highest BCUT2D eigenvalue weighted by molar-refractivity contribution is 6.26. The van der Waals surface area contributed by atoms with Gasteiger partial charge >= 0.3 is 12.3 Å². The highest BCUT2D eigenvalue weighted by Gasteiger charge is 2.35. The molecule has 0 saturated heterocycles. The van der Waals surface area contributed by atoms with Gasteiger partial charge in [-0.15, -0.1) is 0 Å². The standard InChI is InChI=1S/C22H21N3O3/c23-24-12-21(26)18-10-5-11-20(18)25-22(27)28-13-19-16-8-3-1-6-14(16)15-7-2-4-9-17(15)19/h1-4,6-9,12,18-20H,5,10-11,13H2,(H,25,27)/t18-,20-/m0/s1. The van der Waals surface area contributed by atoms with Crippen molar-refractivity contribution in [1.29, 1.82) is 0 Å². The maximum atomic E-state index is 12.4. The molecule has 2 atom stereocenters. The zero-order valence-electron chi connectivity index (χ0n) is 15.4. The summed E-state index contributed by atoms with van der Waals surface area (Å²) in [7, 11) is 0. The summed E-state index contributed by atoms with van der Waals surface area (Å²) in [4.78, 5) is 27.2. The second-order valence-corrected chi connectivity index (χ2v) is 7.26. The molecule has 2 aliphatic carbocycles. The van der Waals surface area contributed by atoms with Gasteiger partial charge in [-0.1, -0.05) is 55.0 Å². The fraction of sp³-hybridized carbons (Fsp3) is 0.318. The SMILES string of the molecule is [N-]=[N+]=CC(=O)[C@H]1CCC[C@@H]1NC(=O)OCC1c2ccccc2-c2ccccc21. The van der Waals surface area contributed by atoms with E-state index in [9.17, 15) is 9.59 Å². The second-order valence-electron chi connectivity index (χ2n) is 7.26. The zero-order chi connectivity index (χ0) is 19.5. The fourth-order valence-corrected chi connectivity index (χ4v) is 4.42. The molecule has 4 rings (SSSR count). The Bertz CT molecular complexity index is 920. The number of hydrogen-bond donors (Lipinski definition) is 1. The Balaban J connectivity index is 1.43. The van der Waals surface area contributed by atoms with E-state index in [1.807, 2.05) is 24.3 Å². The number of carbonyl (C=O) groups is 2. The highest BCUT2D eigenvalue weighted by Crippen LogP contribution is 2.44. The molecular formula is C22H21N3O3. The lowest BCUT2D eigenvalue weighted by atomic mass is 9.98. The van der Waals surface area contributed by atoms with Crippen molar-refractivity contribution in [3.8, 4) is 11.1 Å². The lowest BCUT2D eigenvalue weighted by Crippen LogP contribution is -2.41. The third-order valence-electron chi connectivity index (χ3n) is 5.71. The number of amides is 1. The third kappa shape index (κ3) is 3.35. The zero-order valence-corrected chi connectivity index (χ0v) is 15.4. The van der Waals surface area contributed by atoms with Gasteiger partial charge in [-0.05, 0) is 35.1 Å². The molecule has 0 aromatic heterocycles. The van der Waals surface area contributed by atoms with E-state index in [2.05, 4.69) is 34.4 Å². The maximum absolute atomic E-state index is 12.4. The number of carbonyl (C=O) groups excluding carboxylic acids is 2. The number of rotatable bonds is 5. The molecule has 0 bridgehead atoms. The Morgan fingerprint density at radius 3 is 2.36 bits per heavy atom. The number of ketones is 1. The Morgan fingerprint density at radius 2 is 1.71 bits per heavy atom. The van der Waals surface area contributed by atoms with Crippen LogP contribution in [0.4, 0.5) is 4.79 Å². The molecule has 28 heavy (non-hydrogen) atoms. The summed E-state index contributed by atoms with van der Waals surface area (Å²) < 4.78 is 5.55. The Hall–Kier alpha value is -3.24. The number of fused-ring (bicyclic) bond motifs is 3. The quantitative estimate of drug-likeness (QED) is 0.492. The van der Waals surface area contributed by atoms with E-state index in [1.165, 1.54) is 11.1 Å². The average Bonchev–Trinajstić information content (AvgIpc) is 3.29. The molecule has 1 amide bonds.